The SMILES string of the molecule is O=C(NCCNC(=O)[C@@H]1CC(=O)N(c2cccc(Cl)c2)C1)c1ccc2[nH]ccc2c1. The van der Waals surface area contributed by atoms with Gasteiger partial charge in [0.2, 0.25) is 11.8 Å². The summed E-state index contributed by atoms with van der Waals surface area (Å²) in [5.74, 6) is -0.930. The highest BCUT2D eigenvalue weighted by atomic mass is 35.5. The fourth-order valence-electron chi connectivity index (χ4n) is 3.58. The van der Waals surface area contributed by atoms with Crippen molar-refractivity contribution in [1.82, 2.24) is 15.6 Å². The lowest BCUT2D eigenvalue weighted by molar-refractivity contribution is -0.126. The van der Waals surface area contributed by atoms with Crippen LogP contribution in [0.3, 0.4) is 0 Å². The van der Waals surface area contributed by atoms with Crippen molar-refractivity contribution in [3.63, 3.8) is 0 Å². The van der Waals surface area contributed by atoms with E-state index in [1.807, 2.05) is 24.4 Å². The molecule has 8 heteroatoms. The number of fused-ring (bicyclic) bond motifs is 1. The summed E-state index contributed by atoms with van der Waals surface area (Å²) in [6.07, 6.45) is 1.98. The Hall–Kier alpha value is -3.32. The Balaban J connectivity index is 1.25. The van der Waals surface area contributed by atoms with Crippen LogP contribution in [0.4, 0.5) is 5.69 Å². The number of hydrogen-bond donors (Lipinski definition) is 3. The summed E-state index contributed by atoms with van der Waals surface area (Å²) < 4.78 is 0. The number of rotatable bonds is 6. The average molecular weight is 425 g/mol. The fourth-order valence-corrected chi connectivity index (χ4v) is 3.76. The number of anilines is 1. The van der Waals surface area contributed by atoms with Gasteiger partial charge in [0.05, 0.1) is 5.92 Å². The topological polar surface area (TPSA) is 94.3 Å². The molecule has 2 aromatic carbocycles. The van der Waals surface area contributed by atoms with Gasteiger partial charge in [-0.15, -0.1) is 0 Å². The van der Waals surface area contributed by atoms with Crippen LogP contribution in [0.5, 0.6) is 0 Å². The zero-order valence-corrected chi connectivity index (χ0v) is 16.9. The minimum absolute atomic E-state index is 0.106. The lowest BCUT2D eigenvalue weighted by Crippen LogP contribution is -2.38. The standard InChI is InChI=1S/C22H21ClN4O3/c23-17-2-1-3-18(12-17)27-13-16(11-20(27)28)22(30)26-9-8-25-21(29)15-4-5-19-14(10-15)6-7-24-19/h1-7,10,12,16,24H,8-9,11,13H2,(H,25,29)(H,26,30)/t16-/m1/s1. The summed E-state index contributed by atoms with van der Waals surface area (Å²) in [7, 11) is 0. The van der Waals surface area contributed by atoms with Crippen LogP contribution >= 0.6 is 11.6 Å². The fraction of sp³-hybridized carbons (Fsp3) is 0.227. The highest BCUT2D eigenvalue weighted by Crippen LogP contribution is 2.27. The van der Waals surface area contributed by atoms with E-state index in [2.05, 4.69) is 15.6 Å². The molecule has 0 bridgehead atoms. The second-order valence-corrected chi connectivity index (χ2v) is 7.65. The van der Waals surface area contributed by atoms with Crippen LogP contribution in [-0.2, 0) is 9.59 Å². The van der Waals surface area contributed by atoms with Crippen molar-refractivity contribution in [2.75, 3.05) is 24.5 Å². The van der Waals surface area contributed by atoms with Gasteiger partial charge in [0, 0.05) is 59.4 Å². The summed E-state index contributed by atoms with van der Waals surface area (Å²) in [6.45, 7) is 0.904. The minimum Gasteiger partial charge on any atom is -0.361 e. The van der Waals surface area contributed by atoms with Crippen LogP contribution in [0.15, 0.2) is 54.7 Å². The number of aromatic nitrogens is 1. The summed E-state index contributed by atoms with van der Waals surface area (Å²) in [4.78, 5) is 41.7. The largest absolute Gasteiger partial charge is 0.361 e. The normalized spacial score (nSPS) is 16.1. The van der Waals surface area contributed by atoms with Gasteiger partial charge in [-0.1, -0.05) is 17.7 Å². The maximum atomic E-state index is 12.4. The Labute approximate surface area is 178 Å². The van der Waals surface area contributed by atoms with Crippen LogP contribution in [0.25, 0.3) is 10.9 Å². The molecule has 4 rings (SSSR count). The first-order valence-electron chi connectivity index (χ1n) is 9.70. The first kappa shape index (κ1) is 20.0. The van der Waals surface area contributed by atoms with Gasteiger partial charge < -0.3 is 20.5 Å². The van der Waals surface area contributed by atoms with Crippen molar-refractivity contribution >= 4 is 45.9 Å². The molecule has 0 saturated carbocycles. The molecule has 2 heterocycles. The first-order valence-corrected chi connectivity index (χ1v) is 10.1. The molecule has 1 aliphatic rings. The Morgan fingerprint density at radius 3 is 2.77 bits per heavy atom. The Morgan fingerprint density at radius 1 is 1.10 bits per heavy atom. The number of aromatic amines is 1. The number of H-pyrrole nitrogens is 1. The summed E-state index contributed by atoms with van der Waals surface area (Å²) in [5, 5.41) is 7.10. The van der Waals surface area contributed by atoms with Gasteiger partial charge in [-0.05, 0) is 42.5 Å². The highest BCUT2D eigenvalue weighted by Gasteiger charge is 2.35. The van der Waals surface area contributed by atoms with Crippen molar-refractivity contribution in [3.8, 4) is 0 Å². The smallest absolute Gasteiger partial charge is 0.251 e. The van der Waals surface area contributed by atoms with Gasteiger partial charge in [-0.2, -0.15) is 0 Å². The monoisotopic (exact) mass is 424 g/mol. The van der Waals surface area contributed by atoms with E-state index in [1.54, 1.807) is 35.2 Å². The molecular weight excluding hydrogens is 404 g/mol. The minimum atomic E-state index is -0.428. The first-order chi connectivity index (χ1) is 14.5. The van der Waals surface area contributed by atoms with Crippen molar-refractivity contribution < 1.29 is 14.4 Å². The molecule has 1 fully saturated rings. The van der Waals surface area contributed by atoms with Gasteiger partial charge in [0.1, 0.15) is 0 Å². The van der Waals surface area contributed by atoms with Crippen molar-refractivity contribution in [1.29, 1.82) is 0 Å². The molecule has 30 heavy (non-hydrogen) atoms. The molecule has 154 valence electrons. The van der Waals surface area contributed by atoms with Crippen molar-refractivity contribution in [2.24, 2.45) is 5.92 Å². The molecule has 1 atom stereocenters. The number of nitrogens with one attached hydrogen (secondary N) is 3. The summed E-state index contributed by atoms with van der Waals surface area (Å²) in [5.41, 5.74) is 2.22. The van der Waals surface area contributed by atoms with Crippen molar-refractivity contribution in [2.45, 2.75) is 6.42 Å². The van der Waals surface area contributed by atoms with E-state index < -0.39 is 5.92 Å². The maximum Gasteiger partial charge on any atom is 0.251 e. The van der Waals surface area contributed by atoms with Gasteiger partial charge >= 0.3 is 0 Å². The van der Waals surface area contributed by atoms with Crippen LogP contribution < -0.4 is 15.5 Å². The molecule has 3 amide bonds. The molecule has 0 spiro atoms. The van der Waals surface area contributed by atoms with E-state index in [4.69, 9.17) is 11.6 Å². The number of hydrogen-bond acceptors (Lipinski definition) is 3. The Bertz CT molecular complexity index is 1110. The van der Waals surface area contributed by atoms with Crippen LogP contribution in [-0.4, -0.2) is 42.3 Å². The molecule has 0 radical (unpaired) electrons. The van der Waals surface area contributed by atoms with Crippen LogP contribution in [0, 0.1) is 5.92 Å². The number of amides is 3. The average Bonchev–Trinajstić information content (AvgIpc) is 3.36. The lowest BCUT2D eigenvalue weighted by Gasteiger charge is -2.17. The molecule has 3 aromatic rings. The summed E-state index contributed by atoms with van der Waals surface area (Å²) in [6, 6.07) is 14.3. The van der Waals surface area contributed by atoms with E-state index in [-0.39, 0.29) is 24.1 Å². The van der Waals surface area contributed by atoms with E-state index in [1.165, 1.54) is 0 Å². The third-order valence-corrected chi connectivity index (χ3v) is 5.38. The number of benzene rings is 2. The molecule has 0 unspecified atom stereocenters. The second kappa shape index (κ2) is 8.59. The van der Waals surface area contributed by atoms with Gasteiger partial charge in [-0.3, -0.25) is 14.4 Å². The predicted octanol–water partition coefficient (Wildman–Crippen LogP) is 2.72. The lowest BCUT2D eigenvalue weighted by atomic mass is 10.1. The Kier molecular flexibility index (Phi) is 5.72. The highest BCUT2D eigenvalue weighted by molar-refractivity contribution is 6.31. The molecule has 3 N–H and O–H groups in total. The Morgan fingerprint density at radius 2 is 1.93 bits per heavy atom. The number of carbonyl (C=O) groups excluding carboxylic acids is 3. The number of carbonyl (C=O) groups is 3. The van der Waals surface area contributed by atoms with E-state index in [9.17, 15) is 14.4 Å². The maximum absolute atomic E-state index is 12.4. The van der Waals surface area contributed by atoms with Gasteiger partial charge in [0.15, 0.2) is 0 Å². The zero-order chi connectivity index (χ0) is 21.1. The molecule has 0 aliphatic carbocycles. The van der Waals surface area contributed by atoms with Gasteiger partial charge in [-0.25, -0.2) is 0 Å². The van der Waals surface area contributed by atoms with Crippen LogP contribution in [0.2, 0.25) is 5.02 Å². The molecule has 1 saturated heterocycles. The third kappa shape index (κ3) is 4.31. The molecule has 1 aliphatic heterocycles. The molecule has 7 nitrogen and oxygen atoms in total. The third-order valence-electron chi connectivity index (χ3n) is 5.14. The van der Waals surface area contributed by atoms with Crippen LogP contribution in [0.1, 0.15) is 16.8 Å². The molecule has 1 aromatic heterocycles. The zero-order valence-electron chi connectivity index (χ0n) is 16.2. The second-order valence-electron chi connectivity index (χ2n) is 7.21. The summed E-state index contributed by atoms with van der Waals surface area (Å²) >= 11 is 5.99. The predicted molar refractivity (Wildman–Crippen MR) is 116 cm³/mol. The van der Waals surface area contributed by atoms with E-state index in [0.29, 0.717) is 35.9 Å². The molecular formula is C22H21ClN4O3. The number of halogens is 1. The van der Waals surface area contributed by atoms with Gasteiger partial charge in [0.25, 0.3) is 5.91 Å². The van der Waals surface area contributed by atoms with Crippen molar-refractivity contribution in [3.05, 3.63) is 65.3 Å². The number of nitrogens with zero attached hydrogens (tertiary/aromatic N) is 1. The quantitative estimate of drug-likeness (QED) is 0.531. The van der Waals surface area contributed by atoms with E-state index in [0.717, 1.165) is 10.9 Å². The van der Waals surface area contributed by atoms with E-state index >= 15 is 0 Å².